The predicted molar refractivity (Wildman–Crippen MR) is 428 cm³/mol. The number of Topliss-reactive ketones (excluding diaryl/α,β-unsaturated/α-hetero) is 1. The van der Waals surface area contributed by atoms with Gasteiger partial charge in [0.1, 0.15) is 12.4 Å². The maximum atomic E-state index is 13.2. The van der Waals surface area contributed by atoms with Crippen molar-refractivity contribution in [2.24, 2.45) is 5.73 Å². The van der Waals surface area contributed by atoms with Crippen molar-refractivity contribution in [1.82, 2.24) is 28.8 Å². The van der Waals surface area contributed by atoms with Crippen molar-refractivity contribution in [1.29, 1.82) is 0 Å². The van der Waals surface area contributed by atoms with Crippen LogP contribution in [0.3, 0.4) is 0 Å². The highest BCUT2D eigenvalue weighted by Gasteiger charge is 2.39. The van der Waals surface area contributed by atoms with E-state index in [-0.39, 0.29) is 56.1 Å². The molecule has 590 valence electrons. The first-order chi connectivity index (χ1) is 51.2. The van der Waals surface area contributed by atoms with Crippen molar-refractivity contribution >= 4 is 128 Å². The van der Waals surface area contributed by atoms with Crippen LogP contribution in [0.1, 0.15) is 88.0 Å². The second kappa shape index (κ2) is 46.6. The highest BCUT2D eigenvalue weighted by Crippen LogP contribution is 2.40. The number of esters is 1. The third-order valence-corrected chi connectivity index (χ3v) is 28.0. The highest BCUT2D eigenvalue weighted by atomic mass is 79.9. The molecule has 9 rings (SSSR count). The fourth-order valence-corrected chi connectivity index (χ4v) is 13.2. The number of primary amides is 1. The Morgan fingerprint density at radius 2 is 0.944 bits per heavy atom. The molecule has 0 aliphatic carbocycles. The van der Waals surface area contributed by atoms with Gasteiger partial charge in [-0.25, -0.2) is 4.79 Å². The minimum absolute atomic E-state index is 0.0126. The van der Waals surface area contributed by atoms with E-state index in [2.05, 4.69) is 98.8 Å². The average Bonchev–Trinajstić information content (AvgIpc) is 1.58. The van der Waals surface area contributed by atoms with Crippen molar-refractivity contribution in [3.63, 3.8) is 0 Å². The number of imide groups is 1. The number of aromatic nitrogens is 5. The zero-order chi connectivity index (χ0) is 78.6. The molecule has 3 amide bonds. The second-order valence-electron chi connectivity index (χ2n) is 27.9. The number of halogens is 2. The van der Waals surface area contributed by atoms with Gasteiger partial charge in [-0.2, -0.15) is 5.10 Å². The number of benzene rings is 4. The fraction of sp³-hybridized carbons (Fsp3) is 0.513. The molecule has 4 aromatic heterocycles. The number of rotatable bonds is 40. The highest BCUT2D eigenvalue weighted by molar-refractivity contribution is 9.09. The summed E-state index contributed by atoms with van der Waals surface area (Å²) in [5.74, 6) is -2.30. The first-order valence-electron chi connectivity index (χ1n) is 36.2. The van der Waals surface area contributed by atoms with E-state index in [0.717, 1.165) is 68.6 Å². The van der Waals surface area contributed by atoms with Crippen molar-refractivity contribution in [2.45, 2.75) is 130 Å². The van der Waals surface area contributed by atoms with Crippen LogP contribution >= 0.6 is 27.5 Å². The normalized spacial score (nSPS) is 12.6. The second-order valence-corrected chi connectivity index (χ2v) is 38.7. The summed E-state index contributed by atoms with van der Waals surface area (Å²) in [4.78, 5) is 61.4. The lowest BCUT2D eigenvalue weighted by Crippen LogP contribution is -2.41. The van der Waals surface area contributed by atoms with Gasteiger partial charge in [-0.3, -0.25) is 29.2 Å². The monoisotopic (exact) mass is 1610 g/mol. The molecule has 0 spiro atoms. The Hall–Kier alpha value is -6.82. The molecule has 0 saturated carbocycles. The number of amides is 3. The quantitative estimate of drug-likeness (QED) is 0.00395. The lowest BCUT2D eigenvalue weighted by atomic mass is 9.95. The summed E-state index contributed by atoms with van der Waals surface area (Å²) in [6.45, 7) is 31.1. The third-order valence-electron chi connectivity index (χ3n) is 18.2. The molecule has 1 aliphatic heterocycles. The number of para-hydroxylation sites is 4. The van der Waals surface area contributed by atoms with E-state index in [0.29, 0.717) is 144 Å². The molecular weight excluding hydrogens is 1490 g/mol. The molecule has 1 aliphatic rings. The number of fused-ring (bicyclic) bond motifs is 4. The number of aryl methyl sites for hydroxylation is 2. The Bertz CT molecular complexity index is 4080. The molecule has 25 nitrogen and oxygen atoms in total. The topological polar surface area (TPSA) is 320 Å². The number of methoxy groups -OCH3 is 1. The number of nitrogens with one attached hydrogen (secondary N) is 1. The number of ether oxygens (including phenoxy) is 7. The van der Waals surface area contributed by atoms with Gasteiger partial charge in [0, 0.05) is 113 Å². The van der Waals surface area contributed by atoms with E-state index >= 15 is 0 Å². The first-order valence-corrected chi connectivity index (χ1v) is 43.6. The van der Waals surface area contributed by atoms with Gasteiger partial charge >= 0.3 is 5.97 Å². The Morgan fingerprint density at radius 3 is 1.40 bits per heavy atom. The zero-order valence-corrected chi connectivity index (χ0v) is 68.5. The van der Waals surface area contributed by atoms with Crippen LogP contribution in [0.15, 0.2) is 116 Å². The number of nitrogens with zero attached hydrogens (tertiary/aromatic N) is 5. The summed E-state index contributed by atoms with van der Waals surface area (Å²) in [7, 11) is -2.05. The summed E-state index contributed by atoms with van der Waals surface area (Å²) >= 11 is 8.74. The number of hydrogen-bond donors (Lipinski definition) is 6. The molecule has 107 heavy (non-hydrogen) atoms. The molecule has 0 atom stereocenters. The van der Waals surface area contributed by atoms with E-state index in [4.69, 9.17) is 69.9 Å². The SMILES string of the molecule is CC(C)(C)[Si](C)(C)OCCCBr.COC(=O)C(=O)c1nn(CCCO[Si](C)(C)C(C)(C)C)c2ccccc12.NC(=O)Cc1cn(COCCOCCO)c2ccccc12.O=C1NC(=O)C(c2cn(CCOCCOCCO)c3ccccc23)=C1c1cn(CCCO)c2ccccc12.OCCOCCOCCCl. The molecule has 0 unspecified atom stereocenters. The lowest BCUT2D eigenvalue weighted by Gasteiger charge is -2.36. The maximum Gasteiger partial charge on any atom is 0.381 e. The smallest absolute Gasteiger partial charge is 0.381 e. The molecule has 0 bridgehead atoms. The van der Waals surface area contributed by atoms with Crippen molar-refractivity contribution in [2.75, 3.05) is 131 Å². The standard InChI is InChI=1S/C29H31N3O6.C19H28N2O4Si.C15H20N2O4.C9H21BrOSi.C6H13ClO3/c33-12-5-10-31-18-22(20-6-1-3-8-24(20)31)26-27(29(36)30-28(26)35)23-19-32(25-9-4-2-7-21(23)25)11-14-37-16-17-38-15-13-34;1-19(2,3)26(5,6)25-13-9-12-21-15-11-8-7-10-14(15)16(20-21)17(22)18(23)24-4;16-15(19)9-12-10-17(11-21-8-7-20-6-5-18)14-4-2-1-3-13(12)14;1-9(2,3)12(4,5)11-8-6-7-10;7-1-3-9-5-6-10-4-2-8/h1-4,6-9,18-19,33-34H,5,10-17H2,(H,30,35,36);7-8,10-11H,9,12-13H2,1-6H3;1-4,10,18H,5-9,11H2,(H2,16,19);6-8H2,1-5H3;8H,1-6H2. The molecule has 0 fully saturated rings. The minimum atomic E-state index is -1.77. The third kappa shape index (κ3) is 27.9. The van der Waals surface area contributed by atoms with Crippen LogP contribution in [0.5, 0.6) is 0 Å². The van der Waals surface area contributed by atoms with Gasteiger partial charge in [-0.15, -0.1) is 11.6 Å². The molecule has 7 N–H and O–H groups in total. The largest absolute Gasteiger partial charge is 0.463 e. The summed E-state index contributed by atoms with van der Waals surface area (Å²) in [6, 6.07) is 30.8. The van der Waals surface area contributed by atoms with Gasteiger partial charge in [-0.05, 0) is 85.4 Å². The summed E-state index contributed by atoms with van der Waals surface area (Å²) in [5.41, 5.74) is 12.1. The van der Waals surface area contributed by atoms with E-state index in [1.165, 1.54) is 7.11 Å². The molecule has 8 aromatic rings. The van der Waals surface area contributed by atoms with E-state index in [9.17, 15) is 29.1 Å². The number of carbonyl (C=O) groups is 5. The summed E-state index contributed by atoms with van der Waals surface area (Å²) < 4.78 is 55.9. The fourth-order valence-electron chi connectivity index (χ4n) is 10.7. The van der Waals surface area contributed by atoms with Gasteiger partial charge in [0.05, 0.1) is 128 Å². The van der Waals surface area contributed by atoms with Crippen LogP contribution in [0.4, 0.5) is 0 Å². The number of carbonyl (C=O) groups excluding carboxylic acids is 5. The van der Waals surface area contributed by atoms with Crippen molar-refractivity contribution in [3.8, 4) is 0 Å². The van der Waals surface area contributed by atoms with Gasteiger partial charge in [0.15, 0.2) is 16.6 Å². The summed E-state index contributed by atoms with van der Waals surface area (Å²) in [5, 5.41) is 46.9. The van der Waals surface area contributed by atoms with Crippen LogP contribution in [0.2, 0.25) is 36.3 Å². The number of aliphatic hydroxyl groups excluding tert-OH is 4. The predicted octanol–water partition coefficient (Wildman–Crippen LogP) is 11.1. The molecule has 0 radical (unpaired) electrons. The number of alkyl halides is 2. The van der Waals surface area contributed by atoms with Crippen LogP contribution in [0, 0.1) is 0 Å². The Labute approximate surface area is 644 Å². The average molecular weight is 1610 g/mol. The number of ketones is 1. The number of nitrogens with two attached hydrogens (primary N) is 1. The number of aliphatic hydroxyl groups is 4. The minimum Gasteiger partial charge on any atom is -0.463 e. The van der Waals surface area contributed by atoms with E-state index in [1.54, 1.807) is 10.7 Å². The van der Waals surface area contributed by atoms with Crippen LogP contribution in [-0.4, -0.2) is 221 Å². The molecule has 5 heterocycles. The zero-order valence-electron chi connectivity index (χ0n) is 64.1. The van der Waals surface area contributed by atoms with Gasteiger partial charge in [-0.1, -0.05) is 130 Å². The Balaban J connectivity index is 0.000000260. The van der Waals surface area contributed by atoms with Crippen molar-refractivity contribution < 1.29 is 86.4 Å². The van der Waals surface area contributed by atoms with Crippen LogP contribution in [0.25, 0.3) is 54.8 Å². The first kappa shape index (κ1) is 90.8. The van der Waals surface area contributed by atoms with Gasteiger partial charge in [0.2, 0.25) is 5.91 Å². The number of hydrogen-bond acceptors (Lipinski definition) is 19. The Morgan fingerprint density at radius 1 is 0.514 bits per heavy atom. The van der Waals surface area contributed by atoms with Gasteiger partial charge < -0.3 is 81.9 Å². The van der Waals surface area contributed by atoms with Gasteiger partial charge in [0.25, 0.3) is 17.6 Å². The maximum absolute atomic E-state index is 13.2. The molecule has 29 heteroatoms. The van der Waals surface area contributed by atoms with E-state index < -0.39 is 40.2 Å². The van der Waals surface area contributed by atoms with Crippen LogP contribution in [-0.2, 0) is 94.0 Å². The van der Waals surface area contributed by atoms with Crippen molar-refractivity contribution in [3.05, 3.63) is 138 Å². The molecule has 4 aromatic carbocycles. The van der Waals surface area contributed by atoms with E-state index in [1.807, 2.05) is 123 Å². The molecular formula is C78H113BrClN7O18Si2. The van der Waals surface area contributed by atoms with Crippen LogP contribution < -0.4 is 11.1 Å². The molecule has 0 saturated heterocycles. The summed E-state index contributed by atoms with van der Waals surface area (Å²) in [6.07, 6.45) is 8.40. The Kier molecular flexibility index (Phi) is 39.6. The lowest BCUT2D eigenvalue weighted by molar-refractivity contribution is -0.135.